The summed E-state index contributed by atoms with van der Waals surface area (Å²) in [5.41, 5.74) is 1.53. The van der Waals surface area contributed by atoms with Crippen molar-refractivity contribution >= 4 is 23.2 Å². The van der Waals surface area contributed by atoms with Gasteiger partial charge in [-0.05, 0) is 36.8 Å². The molecule has 1 unspecified atom stereocenters. The zero-order valence-electron chi connectivity index (χ0n) is 16.1. The predicted octanol–water partition coefficient (Wildman–Crippen LogP) is 3.42. The van der Waals surface area contributed by atoms with Crippen LogP contribution in [-0.4, -0.2) is 36.0 Å². The van der Waals surface area contributed by atoms with E-state index in [1.807, 2.05) is 31.1 Å². The summed E-state index contributed by atoms with van der Waals surface area (Å²) in [6.45, 7) is 1.69. The second-order valence-electron chi connectivity index (χ2n) is 6.93. The van der Waals surface area contributed by atoms with Gasteiger partial charge in [-0.2, -0.15) is 0 Å². The van der Waals surface area contributed by atoms with Crippen LogP contribution in [0.4, 0.5) is 11.5 Å². The highest BCUT2D eigenvalue weighted by Crippen LogP contribution is 2.42. The minimum Gasteiger partial charge on any atom is -0.503 e. The molecule has 1 aliphatic rings. The number of amides is 1. The Morgan fingerprint density at radius 2 is 1.93 bits per heavy atom. The SMILES string of the molecule is Cc1cc(N2C(=O)C(O)=C(C(=O)c3ccco3)C2c2ccc(N(C)C)cc2)no1. The van der Waals surface area contributed by atoms with Gasteiger partial charge in [0.15, 0.2) is 17.3 Å². The van der Waals surface area contributed by atoms with Gasteiger partial charge >= 0.3 is 0 Å². The van der Waals surface area contributed by atoms with E-state index in [0.717, 1.165) is 5.69 Å². The summed E-state index contributed by atoms with van der Waals surface area (Å²) in [5, 5.41) is 14.5. The Bertz CT molecular complexity index is 1090. The molecule has 0 bridgehead atoms. The Hall–Kier alpha value is -3.81. The summed E-state index contributed by atoms with van der Waals surface area (Å²) < 4.78 is 10.3. The number of ketones is 1. The second-order valence-corrected chi connectivity index (χ2v) is 6.93. The van der Waals surface area contributed by atoms with E-state index in [-0.39, 0.29) is 17.2 Å². The van der Waals surface area contributed by atoms with Crippen molar-refractivity contribution in [1.29, 1.82) is 0 Å². The summed E-state index contributed by atoms with van der Waals surface area (Å²) in [6, 6.07) is 11.1. The maximum Gasteiger partial charge on any atom is 0.295 e. The fraction of sp³-hybridized carbons (Fsp3) is 0.190. The van der Waals surface area contributed by atoms with Crippen molar-refractivity contribution in [3.05, 3.63) is 77.1 Å². The fourth-order valence-corrected chi connectivity index (χ4v) is 3.35. The highest BCUT2D eigenvalue weighted by molar-refractivity contribution is 6.19. The van der Waals surface area contributed by atoms with Crippen LogP contribution in [0.3, 0.4) is 0 Å². The van der Waals surface area contributed by atoms with Gasteiger partial charge in [-0.25, -0.2) is 0 Å². The quantitative estimate of drug-likeness (QED) is 0.663. The lowest BCUT2D eigenvalue weighted by molar-refractivity contribution is -0.117. The van der Waals surface area contributed by atoms with E-state index in [2.05, 4.69) is 5.16 Å². The van der Waals surface area contributed by atoms with Crippen molar-refractivity contribution in [3.8, 4) is 0 Å². The van der Waals surface area contributed by atoms with Crippen molar-refractivity contribution in [2.45, 2.75) is 13.0 Å². The molecule has 8 heteroatoms. The Labute approximate surface area is 166 Å². The molecule has 1 atom stereocenters. The number of anilines is 2. The first-order valence-corrected chi connectivity index (χ1v) is 8.94. The van der Waals surface area contributed by atoms with E-state index in [4.69, 9.17) is 8.94 Å². The largest absolute Gasteiger partial charge is 0.503 e. The highest BCUT2D eigenvalue weighted by atomic mass is 16.5. The van der Waals surface area contributed by atoms with Crippen LogP contribution in [0.5, 0.6) is 0 Å². The molecule has 0 saturated heterocycles. The Balaban J connectivity index is 1.85. The van der Waals surface area contributed by atoms with Gasteiger partial charge in [0.05, 0.1) is 17.9 Å². The molecule has 0 aliphatic carbocycles. The number of carbonyl (C=O) groups excluding carboxylic acids is 2. The number of aliphatic hydroxyl groups excluding tert-OH is 1. The average Bonchev–Trinajstić information content (AvgIpc) is 3.43. The highest BCUT2D eigenvalue weighted by Gasteiger charge is 2.46. The Morgan fingerprint density at radius 1 is 1.21 bits per heavy atom. The van der Waals surface area contributed by atoms with Crippen LogP contribution in [0.25, 0.3) is 0 Å². The van der Waals surface area contributed by atoms with E-state index < -0.39 is 23.5 Å². The number of benzene rings is 1. The van der Waals surface area contributed by atoms with Gasteiger partial charge in [-0.15, -0.1) is 0 Å². The van der Waals surface area contributed by atoms with Gasteiger partial charge < -0.3 is 18.9 Å². The van der Waals surface area contributed by atoms with E-state index >= 15 is 0 Å². The van der Waals surface area contributed by atoms with E-state index in [0.29, 0.717) is 11.3 Å². The minimum absolute atomic E-state index is 0.0347. The Morgan fingerprint density at radius 3 is 2.48 bits per heavy atom. The summed E-state index contributed by atoms with van der Waals surface area (Å²) >= 11 is 0. The molecule has 1 aromatic carbocycles. The fourth-order valence-electron chi connectivity index (χ4n) is 3.35. The van der Waals surface area contributed by atoms with Gasteiger partial charge in [0.1, 0.15) is 5.76 Å². The molecular formula is C21H19N3O5. The normalized spacial score (nSPS) is 16.6. The predicted molar refractivity (Wildman–Crippen MR) is 105 cm³/mol. The lowest BCUT2D eigenvalue weighted by Crippen LogP contribution is -2.31. The summed E-state index contributed by atoms with van der Waals surface area (Å²) in [4.78, 5) is 29.2. The van der Waals surface area contributed by atoms with Crippen LogP contribution in [0.2, 0.25) is 0 Å². The molecule has 1 amide bonds. The maximum absolute atomic E-state index is 13.1. The van der Waals surface area contributed by atoms with Crippen molar-refractivity contribution in [3.63, 3.8) is 0 Å². The van der Waals surface area contributed by atoms with E-state index in [1.165, 1.54) is 17.2 Å². The number of hydrogen-bond acceptors (Lipinski definition) is 7. The first kappa shape index (κ1) is 18.5. The van der Waals surface area contributed by atoms with Crippen LogP contribution >= 0.6 is 0 Å². The molecule has 4 rings (SSSR count). The lowest BCUT2D eigenvalue weighted by atomic mass is 9.95. The third-order valence-electron chi connectivity index (χ3n) is 4.79. The molecule has 148 valence electrons. The first-order valence-electron chi connectivity index (χ1n) is 8.94. The molecular weight excluding hydrogens is 374 g/mol. The zero-order valence-corrected chi connectivity index (χ0v) is 16.1. The number of rotatable bonds is 5. The van der Waals surface area contributed by atoms with E-state index in [9.17, 15) is 14.7 Å². The monoisotopic (exact) mass is 393 g/mol. The maximum atomic E-state index is 13.1. The number of nitrogens with zero attached hydrogens (tertiary/aromatic N) is 3. The molecule has 0 fully saturated rings. The molecule has 0 saturated carbocycles. The van der Waals surface area contributed by atoms with E-state index in [1.54, 1.807) is 31.2 Å². The summed E-state index contributed by atoms with van der Waals surface area (Å²) in [5.74, 6) is -1.18. The van der Waals surface area contributed by atoms with Gasteiger partial charge in [0.25, 0.3) is 5.91 Å². The molecule has 2 aromatic heterocycles. The lowest BCUT2D eigenvalue weighted by Gasteiger charge is -2.24. The number of aliphatic hydroxyl groups is 1. The third-order valence-corrected chi connectivity index (χ3v) is 4.79. The van der Waals surface area contributed by atoms with Crippen LogP contribution in [-0.2, 0) is 4.79 Å². The number of Topliss-reactive ketones (excluding diaryl/α,β-unsaturated/α-hetero) is 1. The zero-order chi connectivity index (χ0) is 20.7. The molecule has 1 N–H and O–H groups in total. The van der Waals surface area contributed by atoms with Crippen LogP contribution < -0.4 is 9.80 Å². The number of aromatic nitrogens is 1. The van der Waals surface area contributed by atoms with Gasteiger partial charge in [0, 0.05) is 25.8 Å². The molecule has 0 spiro atoms. The first-order chi connectivity index (χ1) is 13.9. The number of furan rings is 1. The van der Waals surface area contributed by atoms with Crippen molar-refractivity contribution < 1.29 is 23.6 Å². The summed E-state index contributed by atoms with van der Waals surface area (Å²) in [6.07, 6.45) is 1.36. The molecule has 8 nitrogen and oxygen atoms in total. The van der Waals surface area contributed by atoms with Crippen LogP contribution in [0, 0.1) is 6.92 Å². The van der Waals surface area contributed by atoms with Crippen molar-refractivity contribution in [1.82, 2.24) is 5.16 Å². The van der Waals surface area contributed by atoms with Crippen LogP contribution in [0.1, 0.15) is 27.9 Å². The summed E-state index contributed by atoms with van der Waals surface area (Å²) in [7, 11) is 3.83. The van der Waals surface area contributed by atoms with Gasteiger partial charge in [0.2, 0.25) is 5.78 Å². The number of carbonyl (C=O) groups is 2. The standard InChI is InChI=1S/C21H19N3O5/c1-12-11-16(22-29-12)24-18(13-6-8-14(9-7-13)23(2)3)17(20(26)21(24)27)19(25)15-5-4-10-28-15/h4-11,18,26H,1-3H3. The molecule has 29 heavy (non-hydrogen) atoms. The average molecular weight is 393 g/mol. The number of aryl methyl sites for hydroxylation is 1. The van der Waals surface area contributed by atoms with Gasteiger partial charge in [-0.3, -0.25) is 14.5 Å². The molecule has 0 radical (unpaired) electrons. The third kappa shape index (κ3) is 3.08. The van der Waals surface area contributed by atoms with Crippen molar-refractivity contribution in [2.75, 3.05) is 23.9 Å². The molecule has 1 aliphatic heterocycles. The van der Waals surface area contributed by atoms with Crippen LogP contribution in [0.15, 0.2) is 69.0 Å². The Kier molecular flexibility index (Phi) is 4.46. The minimum atomic E-state index is -0.874. The van der Waals surface area contributed by atoms with Gasteiger partial charge in [-0.1, -0.05) is 17.3 Å². The second kappa shape index (κ2) is 6.97. The smallest absolute Gasteiger partial charge is 0.295 e. The number of hydrogen-bond donors (Lipinski definition) is 1. The molecule has 3 aromatic rings. The van der Waals surface area contributed by atoms with Crippen molar-refractivity contribution in [2.24, 2.45) is 0 Å². The molecule has 3 heterocycles. The topological polar surface area (TPSA) is 100 Å².